The Morgan fingerprint density at radius 2 is 1.30 bits per heavy atom. The van der Waals surface area contributed by atoms with Gasteiger partial charge in [0.05, 0.1) is 11.1 Å². The number of aromatic hydroxyl groups is 2. The van der Waals surface area contributed by atoms with Gasteiger partial charge in [-0.1, -0.05) is 42.5 Å². The average molecular weight is 357 g/mol. The molecule has 4 aromatic rings. The van der Waals surface area contributed by atoms with E-state index in [-0.39, 0.29) is 29.1 Å². The lowest BCUT2D eigenvalue weighted by Gasteiger charge is -2.06. The van der Waals surface area contributed by atoms with E-state index in [2.05, 4.69) is 10.1 Å². The number of aromatic nitrogens is 3. The summed E-state index contributed by atoms with van der Waals surface area (Å²) in [6, 6.07) is 21.9. The number of carbonyl (C=O) groups is 1. The second kappa shape index (κ2) is 6.76. The summed E-state index contributed by atoms with van der Waals surface area (Å²) < 4.78 is 1.14. The minimum absolute atomic E-state index is 0.00523. The van der Waals surface area contributed by atoms with Crippen molar-refractivity contribution >= 4 is 5.91 Å². The zero-order chi connectivity index (χ0) is 18.8. The van der Waals surface area contributed by atoms with Crippen LogP contribution in [0.3, 0.4) is 0 Å². The number of hydrogen-bond donors (Lipinski definition) is 2. The molecule has 1 heterocycles. The summed E-state index contributed by atoms with van der Waals surface area (Å²) in [5.74, 6) is -0.0136. The molecule has 132 valence electrons. The Morgan fingerprint density at radius 1 is 0.741 bits per heavy atom. The van der Waals surface area contributed by atoms with Crippen molar-refractivity contribution in [2.45, 2.75) is 0 Å². The number of hydrogen-bond acceptors (Lipinski definition) is 5. The Balaban J connectivity index is 1.93. The number of nitrogens with zero attached hydrogens (tertiary/aromatic N) is 3. The molecule has 0 aliphatic carbocycles. The Labute approximate surface area is 155 Å². The fourth-order valence-electron chi connectivity index (χ4n) is 2.77. The highest BCUT2D eigenvalue weighted by atomic mass is 16.3. The Hall–Kier alpha value is -3.93. The first kappa shape index (κ1) is 16.5. The van der Waals surface area contributed by atoms with E-state index in [1.807, 2.05) is 6.07 Å². The molecule has 2 N–H and O–H groups in total. The number of para-hydroxylation sites is 2. The standard InChI is InChI=1S/C21H15N3O3/c25-17-12-6-4-10-15(17)19-22-20(16-11-5-7-13-18(16)26)24(23-19)21(27)14-8-2-1-3-9-14/h1-13,25-26H. The number of phenols is 2. The highest BCUT2D eigenvalue weighted by Crippen LogP contribution is 2.32. The molecule has 1 aromatic heterocycles. The summed E-state index contributed by atoms with van der Waals surface area (Å²) in [6.45, 7) is 0. The summed E-state index contributed by atoms with van der Waals surface area (Å²) in [6.07, 6.45) is 0. The maximum Gasteiger partial charge on any atom is 0.280 e. The third-order valence-electron chi connectivity index (χ3n) is 4.11. The van der Waals surface area contributed by atoms with E-state index >= 15 is 0 Å². The van der Waals surface area contributed by atoms with Crippen LogP contribution in [0.25, 0.3) is 22.8 Å². The van der Waals surface area contributed by atoms with Crippen LogP contribution in [0, 0.1) is 0 Å². The van der Waals surface area contributed by atoms with E-state index in [4.69, 9.17) is 0 Å². The van der Waals surface area contributed by atoms with Crippen molar-refractivity contribution in [3.05, 3.63) is 84.4 Å². The zero-order valence-electron chi connectivity index (χ0n) is 14.1. The predicted octanol–water partition coefficient (Wildman–Crippen LogP) is 3.71. The molecule has 27 heavy (non-hydrogen) atoms. The lowest BCUT2D eigenvalue weighted by atomic mass is 10.1. The molecule has 0 saturated carbocycles. The van der Waals surface area contributed by atoms with E-state index in [0.717, 1.165) is 4.68 Å². The van der Waals surface area contributed by atoms with Crippen molar-refractivity contribution in [1.82, 2.24) is 14.8 Å². The Kier molecular flexibility index (Phi) is 4.14. The van der Waals surface area contributed by atoms with Crippen molar-refractivity contribution in [2.24, 2.45) is 0 Å². The van der Waals surface area contributed by atoms with Gasteiger partial charge in [0.25, 0.3) is 5.91 Å². The first-order valence-corrected chi connectivity index (χ1v) is 8.28. The molecule has 0 aliphatic rings. The molecular formula is C21H15N3O3. The van der Waals surface area contributed by atoms with E-state index in [1.54, 1.807) is 60.7 Å². The fraction of sp³-hybridized carbons (Fsp3) is 0. The summed E-state index contributed by atoms with van der Waals surface area (Å²) >= 11 is 0. The van der Waals surface area contributed by atoms with Gasteiger partial charge in [-0.05, 0) is 36.4 Å². The monoisotopic (exact) mass is 357 g/mol. The first-order valence-electron chi connectivity index (χ1n) is 8.28. The molecule has 0 atom stereocenters. The summed E-state index contributed by atoms with van der Waals surface area (Å²) in [7, 11) is 0. The molecule has 6 heteroatoms. The largest absolute Gasteiger partial charge is 0.507 e. The van der Waals surface area contributed by atoms with Gasteiger partial charge in [-0.2, -0.15) is 4.68 Å². The van der Waals surface area contributed by atoms with Gasteiger partial charge in [0, 0.05) is 5.56 Å². The topological polar surface area (TPSA) is 88.2 Å². The van der Waals surface area contributed by atoms with Crippen molar-refractivity contribution < 1.29 is 15.0 Å². The molecule has 6 nitrogen and oxygen atoms in total. The third-order valence-corrected chi connectivity index (χ3v) is 4.11. The van der Waals surface area contributed by atoms with Crippen LogP contribution in [0.4, 0.5) is 0 Å². The fourth-order valence-corrected chi connectivity index (χ4v) is 2.77. The zero-order valence-corrected chi connectivity index (χ0v) is 14.1. The van der Waals surface area contributed by atoms with Crippen LogP contribution in [-0.2, 0) is 0 Å². The Bertz CT molecular complexity index is 1120. The molecule has 0 amide bonds. The summed E-state index contributed by atoms with van der Waals surface area (Å²) in [5, 5.41) is 24.7. The molecule has 0 aliphatic heterocycles. The van der Waals surface area contributed by atoms with E-state index in [9.17, 15) is 15.0 Å². The van der Waals surface area contributed by atoms with Gasteiger partial charge in [-0.25, -0.2) is 4.98 Å². The molecule has 3 aromatic carbocycles. The molecule has 0 unspecified atom stereocenters. The van der Waals surface area contributed by atoms with Gasteiger partial charge >= 0.3 is 0 Å². The van der Waals surface area contributed by atoms with Crippen LogP contribution >= 0.6 is 0 Å². The quantitative estimate of drug-likeness (QED) is 0.583. The SMILES string of the molecule is O=C(c1ccccc1)n1nc(-c2ccccc2O)nc1-c1ccccc1O. The van der Waals surface area contributed by atoms with Gasteiger partial charge in [-0.15, -0.1) is 5.10 Å². The maximum absolute atomic E-state index is 13.0. The molecule has 0 spiro atoms. The maximum atomic E-state index is 13.0. The summed E-state index contributed by atoms with van der Waals surface area (Å²) in [4.78, 5) is 17.4. The normalized spacial score (nSPS) is 10.7. The minimum Gasteiger partial charge on any atom is -0.507 e. The van der Waals surface area contributed by atoms with Gasteiger partial charge < -0.3 is 10.2 Å². The molecule has 0 saturated heterocycles. The predicted molar refractivity (Wildman–Crippen MR) is 100 cm³/mol. The molecule has 0 bridgehead atoms. The average Bonchev–Trinajstić information content (AvgIpc) is 3.13. The van der Waals surface area contributed by atoms with E-state index in [1.165, 1.54) is 12.1 Å². The van der Waals surface area contributed by atoms with Crippen LogP contribution in [0.15, 0.2) is 78.9 Å². The van der Waals surface area contributed by atoms with Crippen molar-refractivity contribution in [3.8, 4) is 34.3 Å². The number of rotatable bonds is 3. The highest BCUT2D eigenvalue weighted by Gasteiger charge is 2.22. The van der Waals surface area contributed by atoms with Gasteiger partial charge in [-0.3, -0.25) is 4.79 Å². The van der Waals surface area contributed by atoms with Gasteiger partial charge in [0.2, 0.25) is 0 Å². The molecule has 0 fully saturated rings. The van der Waals surface area contributed by atoms with Gasteiger partial charge in [0.1, 0.15) is 11.5 Å². The second-order valence-electron chi connectivity index (χ2n) is 5.88. The highest BCUT2D eigenvalue weighted by molar-refractivity contribution is 5.97. The molecular weight excluding hydrogens is 342 g/mol. The summed E-state index contributed by atoms with van der Waals surface area (Å²) in [5.41, 5.74) is 1.20. The first-order chi connectivity index (χ1) is 13.1. The van der Waals surface area contributed by atoms with Crippen LogP contribution < -0.4 is 0 Å². The number of phenolic OH excluding ortho intramolecular Hbond substituents is 2. The van der Waals surface area contributed by atoms with Crippen LogP contribution in [0.1, 0.15) is 10.4 Å². The second-order valence-corrected chi connectivity index (χ2v) is 5.88. The van der Waals surface area contributed by atoms with Crippen LogP contribution in [0.5, 0.6) is 11.5 Å². The van der Waals surface area contributed by atoms with Crippen molar-refractivity contribution in [3.63, 3.8) is 0 Å². The number of carbonyl (C=O) groups excluding carboxylic acids is 1. The molecule has 4 rings (SSSR count). The van der Waals surface area contributed by atoms with E-state index in [0.29, 0.717) is 16.7 Å². The van der Waals surface area contributed by atoms with Crippen LogP contribution in [-0.4, -0.2) is 30.9 Å². The lowest BCUT2D eigenvalue weighted by molar-refractivity contribution is 0.0947. The lowest BCUT2D eigenvalue weighted by Crippen LogP contribution is -2.15. The van der Waals surface area contributed by atoms with Crippen LogP contribution in [0.2, 0.25) is 0 Å². The number of benzene rings is 3. The van der Waals surface area contributed by atoms with Gasteiger partial charge in [0.15, 0.2) is 11.6 Å². The Morgan fingerprint density at radius 3 is 1.93 bits per heavy atom. The van der Waals surface area contributed by atoms with E-state index < -0.39 is 0 Å². The minimum atomic E-state index is -0.386. The smallest absolute Gasteiger partial charge is 0.280 e. The van der Waals surface area contributed by atoms with Crippen molar-refractivity contribution in [2.75, 3.05) is 0 Å². The van der Waals surface area contributed by atoms with Crippen molar-refractivity contribution in [1.29, 1.82) is 0 Å². The molecule has 0 radical (unpaired) electrons. The third kappa shape index (κ3) is 3.04.